The van der Waals surface area contributed by atoms with Gasteiger partial charge in [-0.1, -0.05) is 18.2 Å². The molecule has 25 heavy (non-hydrogen) atoms. The molecule has 0 atom stereocenters. The highest BCUT2D eigenvalue weighted by Gasteiger charge is 2.40. The maximum Gasteiger partial charge on any atom is 0.255 e. The van der Waals surface area contributed by atoms with Gasteiger partial charge in [0.2, 0.25) is 0 Å². The van der Waals surface area contributed by atoms with Crippen LogP contribution in [0.4, 0.5) is 11.4 Å². The first-order valence-corrected chi connectivity index (χ1v) is 8.58. The quantitative estimate of drug-likeness (QED) is 0.932. The molecule has 1 aromatic heterocycles. The number of nitrogens with one attached hydrogen (secondary N) is 1. The van der Waals surface area contributed by atoms with E-state index in [-0.39, 0.29) is 5.91 Å². The summed E-state index contributed by atoms with van der Waals surface area (Å²) in [6, 6.07) is 11.7. The molecule has 1 spiro atoms. The monoisotopic (exact) mass is 339 g/mol. The number of ether oxygens (including phenoxy) is 2. The van der Waals surface area contributed by atoms with Crippen molar-refractivity contribution in [3.05, 3.63) is 54.4 Å². The summed E-state index contributed by atoms with van der Waals surface area (Å²) in [5.74, 6) is -0.469. The van der Waals surface area contributed by atoms with E-state index < -0.39 is 5.79 Å². The van der Waals surface area contributed by atoms with Crippen molar-refractivity contribution >= 4 is 17.3 Å². The van der Waals surface area contributed by atoms with Crippen LogP contribution in [-0.4, -0.2) is 47.9 Å². The Morgan fingerprint density at radius 1 is 1.04 bits per heavy atom. The third kappa shape index (κ3) is 3.50. The van der Waals surface area contributed by atoms with Crippen LogP contribution < -0.4 is 5.32 Å². The molecular formula is C19H21N3O3. The van der Waals surface area contributed by atoms with Crippen molar-refractivity contribution in [2.24, 2.45) is 0 Å². The number of nitrogens with zero attached hydrogens (tertiary/aromatic N) is 2. The second-order valence-corrected chi connectivity index (χ2v) is 6.35. The van der Waals surface area contributed by atoms with Gasteiger partial charge in [-0.25, -0.2) is 0 Å². The van der Waals surface area contributed by atoms with E-state index in [1.807, 2.05) is 41.3 Å². The van der Waals surface area contributed by atoms with Crippen LogP contribution in [-0.2, 0) is 9.47 Å². The maximum atomic E-state index is 12.8. The summed E-state index contributed by atoms with van der Waals surface area (Å²) in [4.78, 5) is 18.8. The lowest BCUT2D eigenvalue weighted by Crippen LogP contribution is -2.47. The number of para-hydroxylation sites is 1. The van der Waals surface area contributed by atoms with Gasteiger partial charge in [0.05, 0.1) is 30.7 Å². The van der Waals surface area contributed by atoms with Crippen LogP contribution in [0.15, 0.2) is 48.8 Å². The van der Waals surface area contributed by atoms with E-state index in [4.69, 9.17) is 9.47 Å². The first-order chi connectivity index (χ1) is 12.2. The molecule has 2 saturated heterocycles. The summed E-state index contributed by atoms with van der Waals surface area (Å²) < 4.78 is 11.4. The van der Waals surface area contributed by atoms with Crippen molar-refractivity contribution in [3.63, 3.8) is 0 Å². The molecule has 130 valence electrons. The van der Waals surface area contributed by atoms with E-state index in [0.717, 1.165) is 11.4 Å². The van der Waals surface area contributed by atoms with E-state index in [2.05, 4.69) is 10.3 Å². The fraction of sp³-hybridized carbons (Fsp3) is 0.368. The number of rotatable bonds is 3. The van der Waals surface area contributed by atoms with Crippen LogP contribution in [0.25, 0.3) is 0 Å². The van der Waals surface area contributed by atoms with Crippen molar-refractivity contribution in [3.8, 4) is 0 Å². The second kappa shape index (κ2) is 6.82. The normalized spacial score (nSPS) is 19.1. The molecule has 2 aliphatic rings. The van der Waals surface area contributed by atoms with Gasteiger partial charge in [0, 0.05) is 37.8 Å². The van der Waals surface area contributed by atoms with Gasteiger partial charge in [-0.05, 0) is 18.2 Å². The Morgan fingerprint density at radius 3 is 2.48 bits per heavy atom. The van der Waals surface area contributed by atoms with Gasteiger partial charge in [-0.15, -0.1) is 0 Å². The number of piperidine rings is 1. The number of hydrogen-bond acceptors (Lipinski definition) is 5. The van der Waals surface area contributed by atoms with Gasteiger partial charge in [0.1, 0.15) is 0 Å². The van der Waals surface area contributed by atoms with Crippen LogP contribution in [0.2, 0.25) is 0 Å². The van der Waals surface area contributed by atoms with E-state index >= 15 is 0 Å². The van der Waals surface area contributed by atoms with Crippen molar-refractivity contribution in [1.29, 1.82) is 0 Å². The number of likely N-dealkylation sites (tertiary alicyclic amines) is 1. The number of aromatic nitrogens is 1. The lowest BCUT2D eigenvalue weighted by atomic mass is 10.0. The minimum absolute atomic E-state index is 0.00272. The minimum atomic E-state index is -0.467. The lowest BCUT2D eigenvalue weighted by molar-refractivity contribution is -0.181. The van der Waals surface area contributed by atoms with E-state index in [1.54, 1.807) is 12.4 Å². The molecule has 3 heterocycles. The van der Waals surface area contributed by atoms with Crippen LogP contribution in [0.3, 0.4) is 0 Å². The third-order valence-corrected chi connectivity index (χ3v) is 4.67. The maximum absolute atomic E-state index is 12.8. The molecule has 0 aliphatic carbocycles. The summed E-state index contributed by atoms with van der Waals surface area (Å²) in [5.41, 5.74) is 2.35. The van der Waals surface area contributed by atoms with Crippen LogP contribution >= 0.6 is 0 Å². The molecule has 6 nitrogen and oxygen atoms in total. The van der Waals surface area contributed by atoms with Crippen LogP contribution in [0.1, 0.15) is 23.2 Å². The number of anilines is 2. The smallest absolute Gasteiger partial charge is 0.255 e. The topological polar surface area (TPSA) is 63.7 Å². The zero-order valence-corrected chi connectivity index (χ0v) is 14.0. The Bertz CT molecular complexity index is 735. The fourth-order valence-corrected chi connectivity index (χ4v) is 3.33. The highest BCUT2D eigenvalue weighted by molar-refractivity contribution is 5.95. The van der Waals surface area contributed by atoms with Gasteiger partial charge in [0.25, 0.3) is 5.91 Å². The Morgan fingerprint density at radius 2 is 1.76 bits per heavy atom. The number of carbonyl (C=O) groups is 1. The largest absolute Gasteiger partial charge is 0.354 e. The zero-order chi connectivity index (χ0) is 17.1. The van der Waals surface area contributed by atoms with Gasteiger partial charge < -0.3 is 19.7 Å². The highest BCUT2D eigenvalue weighted by atomic mass is 16.7. The summed E-state index contributed by atoms with van der Waals surface area (Å²) in [5, 5.41) is 3.27. The summed E-state index contributed by atoms with van der Waals surface area (Å²) >= 11 is 0. The van der Waals surface area contributed by atoms with Gasteiger partial charge in [0.15, 0.2) is 5.79 Å². The number of benzene rings is 1. The molecular weight excluding hydrogens is 318 g/mol. The Hall–Kier alpha value is -2.44. The molecule has 2 aliphatic heterocycles. The van der Waals surface area contributed by atoms with Gasteiger partial charge in [-0.3, -0.25) is 9.78 Å². The molecule has 4 rings (SSSR count). The molecule has 1 N–H and O–H groups in total. The predicted octanol–water partition coefficient (Wildman–Crippen LogP) is 2.80. The molecule has 6 heteroatoms. The van der Waals surface area contributed by atoms with Crippen LogP contribution in [0, 0.1) is 0 Å². The molecule has 0 radical (unpaired) electrons. The summed E-state index contributed by atoms with van der Waals surface area (Å²) in [7, 11) is 0. The lowest BCUT2D eigenvalue weighted by Gasteiger charge is -2.37. The average molecular weight is 339 g/mol. The number of hydrogen-bond donors (Lipinski definition) is 1. The van der Waals surface area contributed by atoms with Crippen molar-refractivity contribution in [2.45, 2.75) is 18.6 Å². The van der Waals surface area contributed by atoms with Gasteiger partial charge in [-0.2, -0.15) is 0 Å². The number of carbonyl (C=O) groups excluding carboxylic acids is 1. The first kappa shape index (κ1) is 16.1. The number of amides is 1. The third-order valence-electron chi connectivity index (χ3n) is 4.67. The predicted molar refractivity (Wildman–Crippen MR) is 93.7 cm³/mol. The SMILES string of the molecule is O=C(c1cncc(Nc2ccccc2)c1)N1CCC2(CC1)OCCO2. The molecule has 1 aromatic carbocycles. The molecule has 0 unspecified atom stereocenters. The Balaban J connectivity index is 1.43. The van der Waals surface area contributed by atoms with Crippen LogP contribution in [0.5, 0.6) is 0 Å². The standard InChI is InChI=1S/C19H21N3O3/c23-18(22-8-6-19(7-9-22)24-10-11-25-19)15-12-17(14-20-13-15)21-16-4-2-1-3-5-16/h1-5,12-14,21H,6-11H2. The molecule has 0 saturated carbocycles. The molecule has 1 amide bonds. The molecule has 2 fully saturated rings. The van der Waals surface area contributed by atoms with Gasteiger partial charge >= 0.3 is 0 Å². The second-order valence-electron chi connectivity index (χ2n) is 6.35. The van der Waals surface area contributed by atoms with Crippen molar-refractivity contribution in [2.75, 3.05) is 31.6 Å². The molecule has 2 aromatic rings. The summed E-state index contributed by atoms with van der Waals surface area (Å²) in [6.07, 6.45) is 4.77. The number of pyridine rings is 1. The van der Waals surface area contributed by atoms with Crippen molar-refractivity contribution in [1.82, 2.24) is 9.88 Å². The Kier molecular flexibility index (Phi) is 4.38. The van der Waals surface area contributed by atoms with E-state index in [0.29, 0.717) is 44.7 Å². The zero-order valence-electron chi connectivity index (χ0n) is 14.0. The first-order valence-electron chi connectivity index (χ1n) is 8.58. The van der Waals surface area contributed by atoms with Crippen molar-refractivity contribution < 1.29 is 14.3 Å². The Labute approximate surface area is 146 Å². The van der Waals surface area contributed by atoms with E-state index in [1.165, 1.54) is 0 Å². The minimum Gasteiger partial charge on any atom is -0.354 e. The highest BCUT2D eigenvalue weighted by Crippen LogP contribution is 2.31. The molecule has 0 bridgehead atoms. The fourth-order valence-electron chi connectivity index (χ4n) is 3.33. The summed E-state index contributed by atoms with van der Waals surface area (Å²) in [6.45, 7) is 2.56. The average Bonchev–Trinajstić information content (AvgIpc) is 3.11. The van der Waals surface area contributed by atoms with E-state index in [9.17, 15) is 4.79 Å².